The summed E-state index contributed by atoms with van der Waals surface area (Å²) in [5.41, 5.74) is 4.64. The van der Waals surface area contributed by atoms with Gasteiger partial charge in [-0.25, -0.2) is 9.50 Å². The lowest BCUT2D eigenvalue weighted by molar-refractivity contribution is -0.121. The van der Waals surface area contributed by atoms with Gasteiger partial charge in [-0.2, -0.15) is 4.98 Å². The Morgan fingerprint density at radius 3 is 2.34 bits per heavy atom. The molecule has 0 saturated carbocycles. The highest BCUT2D eigenvalue weighted by Crippen LogP contribution is 2.28. The van der Waals surface area contributed by atoms with Crippen molar-refractivity contribution in [3.8, 4) is 22.9 Å². The standard InChI is InChI=1S/C26H28ClN5O3/c1-16-23(9-10-24(33)28-12-11-18-5-7-20(27)8-6-18)17(2)32-26(29-16)30-25(31-32)19-13-21(34-3)15-22(14-19)35-4/h5-8,13-15H,9-12H2,1-4H3,(H,28,33). The van der Waals surface area contributed by atoms with Gasteiger partial charge in [0.1, 0.15) is 11.5 Å². The van der Waals surface area contributed by atoms with E-state index in [1.165, 1.54) is 0 Å². The lowest BCUT2D eigenvalue weighted by Gasteiger charge is -2.10. The van der Waals surface area contributed by atoms with Crippen LogP contribution in [0, 0.1) is 13.8 Å². The number of rotatable bonds is 9. The molecule has 0 bridgehead atoms. The second-order valence-corrected chi connectivity index (χ2v) is 8.67. The number of carbonyl (C=O) groups is 1. The molecule has 0 unspecified atom stereocenters. The Morgan fingerprint density at radius 2 is 1.69 bits per heavy atom. The first-order valence-corrected chi connectivity index (χ1v) is 11.7. The van der Waals surface area contributed by atoms with Gasteiger partial charge in [-0.15, -0.1) is 5.10 Å². The predicted octanol–water partition coefficient (Wildman–Crippen LogP) is 4.37. The quantitative estimate of drug-likeness (QED) is 0.372. The highest BCUT2D eigenvalue weighted by Gasteiger charge is 2.16. The maximum absolute atomic E-state index is 12.4. The van der Waals surface area contributed by atoms with Crippen molar-refractivity contribution in [3.05, 3.63) is 70.0 Å². The minimum Gasteiger partial charge on any atom is -0.497 e. The molecule has 0 aliphatic heterocycles. The Bertz CT molecular complexity index is 1330. The highest BCUT2D eigenvalue weighted by atomic mass is 35.5. The van der Waals surface area contributed by atoms with Crippen LogP contribution in [-0.2, 0) is 17.6 Å². The second kappa shape index (κ2) is 10.7. The van der Waals surface area contributed by atoms with Gasteiger partial charge in [0.05, 0.1) is 14.2 Å². The normalized spacial score (nSPS) is 11.0. The lowest BCUT2D eigenvalue weighted by Crippen LogP contribution is -2.26. The minimum absolute atomic E-state index is 0.000570. The third kappa shape index (κ3) is 5.71. The summed E-state index contributed by atoms with van der Waals surface area (Å²) in [6.45, 7) is 4.48. The van der Waals surface area contributed by atoms with Crippen LogP contribution in [0.3, 0.4) is 0 Å². The van der Waals surface area contributed by atoms with Gasteiger partial charge < -0.3 is 14.8 Å². The molecule has 8 nitrogen and oxygen atoms in total. The molecule has 0 fully saturated rings. The molecule has 1 N–H and O–H groups in total. The Balaban J connectivity index is 1.46. The monoisotopic (exact) mass is 493 g/mol. The number of benzene rings is 2. The van der Waals surface area contributed by atoms with Gasteiger partial charge in [0, 0.05) is 41.0 Å². The highest BCUT2D eigenvalue weighted by molar-refractivity contribution is 6.30. The smallest absolute Gasteiger partial charge is 0.253 e. The molecule has 35 heavy (non-hydrogen) atoms. The van der Waals surface area contributed by atoms with Crippen LogP contribution in [0.2, 0.25) is 5.02 Å². The van der Waals surface area contributed by atoms with Crippen LogP contribution in [0.1, 0.15) is 28.9 Å². The SMILES string of the molecule is COc1cc(OC)cc(-c2nc3nc(C)c(CCC(=O)NCCc4ccc(Cl)cc4)c(C)n3n2)c1. The molecule has 4 aromatic rings. The molecule has 2 heterocycles. The molecule has 0 radical (unpaired) electrons. The average Bonchev–Trinajstić information content (AvgIpc) is 3.29. The Morgan fingerprint density at radius 1 is 1.00 bits per heavy atom. The number of nitrogens with zero attached hydrogens (tertiary/aromatic N) is 4. The summed E-state index contributed by atoms with van der Waals surface area (Å²) in [6, 6.07) is 13.2. The molecule has 4 rings (SSSR count). The number of aryl methyl sites for hydroxylation is 2. The molecule has 0 aliphatic carbocycles. The number of hydrogen-bond donors (Lipinski definition) is 1. The summed E-state index contributed by atoms with van der Waals surface area (Å²) < 4.78 is 12.5. The molecule has 0 aliphatic rings. The number of carbonyl (C=O) groups excluding carboxylic acids is 1. The van der Waals surface area contributed by atoms with Crippen molar-refractivity contribution in [3.63, 3.8) is 0 Å². The number of aromatic nitrogens is 4. The van der Waals surface area contributed by atoms with Gasteiger partial charge in [0.2, 0.25) is 5.91 Å². The second-order valence-electron chi connectivity index (χ2n) is 8.24. The van der Waals surface area contributed by atoms with Crippen molar-refractivity contribution in [2.24, 2.45) is 0 Å². The number of halogens is 1. The third-order valence-electron chi connectivity index (χ3n) is 5.91. The van der Waals surface area contributed by atoms with Crippen LogP contribution >= 0.6 is 11.6 Å². The van der Waals surface area contributed by atoms with Crippen molar-refractivity contribution in [1.29, 1.82) is 0 Å². The summed E-state index contributed by atoms with van der Waals surface area (Å²) in [6.07, 6.45) is 1.69. The topological polar surface area (TPSA) is 90.6 Å². The van der Waals surface area contributed by atoms with E-state index in [1.54, 1.807) is 24.8 Å². The first-order chi connectivity index (χ1) is 16.9. The van der Waals surface area contributed by atoms with E-state index in [0.29, 0.717) is 47.5 Å². The minimum atomic E-state index is 0.000570. The summed E-state index contributed by atoms with van der Waals surface area (Å²) in [5, 5.41) is 8.37. The maximum atomic E-state index is 12.4. The van der Waals surface area contributed by atoms with Crippen molar-refractivity contribution in [2.75, 3.05) is 20.8 Å². The first kappa shape index (κ1) is 24.5. The van der Waals surface area contributed by atoms with Gasteiger partial charge in [0.15, 0.2) is 5.82 Å². The zero-order valence-corrected chi connectivity index (χ0v) is 21.0. The van der Waals surface area contributed by atoms with Gasteiger partial charge in [-0.05, 0) is 62.1 Å². The fourth-order valence-electron chi connectivity index (χ4n) is 3.95. The summed E-state index contributed by atoms with van der Waals surface area (Å²) in [5.74, 6) is 2.34. The van der Waals surface area contributed by atoms with Gasteiger partial charge in [0.25, 0.3) is 5.78 Å². The molecule has 182 valence electrons. The maximum Gasteiger partial charge on any atom is 0.253 e. The number of fused-ring (bicyclic) bond motifs is 1. The van der Waals surface area contributed by atoms with E-state index in [-0.39, 0.29) is 5.91 Å². The van der Waals surface area contributed by atoms with Crippen LogP contribution in [0.15, 0.2) is 42.5 Å². The van der Waals surface area contributed by atoms with Gasteiger partial charge in [-0.1, -0.05) is 23.7 Å². The van der Waals surface area contributed by atoms with Crippen LogP contribution in [0.4, 0.5) is 0 Å². The van der Waals surface area contributed by atoms with Gasteiger partial charge in [-0.3, -0.25) is 4.79 Å². The number of nitrogens with one attached hydrogen (secondary N) is 1. The molecular formula is C26H28ClN5O3. The molecule has 1 amide bonds. The van der Waals surface area contributed by atoms with Crippen LogP contribution in [0.5, 0.6) is 11.5 Å². The van der Waals surface area contributed by atoms with E-state index in [2.05, 4.69) is 20.4 Å². The van der Waals surface area contributed by atoms with Crippen molar-refractivity contribution >= 4 is 23.3 Å². The summed E-state index contributed by atoms with van der Waals surface area (Å²) >= 11 is 5.92. The van der Waals surface area contributed by atoms with Crippen molar-refractivity contribution in [1.82, 2.24) is 24.9 Å². The summed E-state index contributed by atoms with van der Waals surface area (Å²) in [4.78, 5) is 21.7. The number of hydrogen-bond acceptors (Lipinski definition) is 6. The van der Waals surface area contributed by atoms with Crippen molar-refractivity contribution < 1.29 is 14.3 Å². The number of methoxy groups -OCH3 is 2. The van der Waals surface area contributed by atoms with Crippen LogP contribution in [-0.4, -0.2) is 46.3 Å². The Hall–Kier alpha value is -3.65. The van der Waals surface area contributed by atoms with Gasteiger partial charge >= 0.3 is 0 Å². The third-order valence-corrected chi connectivity index (χ3v) is 6.16. The number of amides is 1. The molecule has 0 spiro atoms. The van der Waals surface area contributed by atoms with Crippen LogP contribution in [0.25, 0.3) is 17.2 Å². The lowest BCUT2D eigenvalue weighted by atomic mass is 10.1. The zero-order valence-electron chi connectivity index (χ0n) is 20.3. The van der Waals surface area contributed by atoms with E-state index in [4.69, 9.17) is 21.1 Å². The van der Waals surface area contributed by atoms with E-state index < -0.39 is 0 Å². The average molecular weight is 494 g/mol. The fraction of sp³-hybridized carbons (Fsp3) is 0.308. The largest absolute Gasteiger partial charge is 0.497 e. The van der Waals surface area contributed by atoms with E-state index in [9.17, 15) is 4.79 Å². The van der Waals surface area contributed by atoms with E-state index in [1.807, 2.05) is 50.2 Å². The predicted molar refractivity (Wildman–Crippen MR) is 135 cm³/mol. The number of ether oxygens (including phenoxy) is 2. The molecule has 2 aromatic heterocycles. The molecule has 0 saturated heterocycles. The first-order valence-electron chi connectivity index (χ1n) is 11.4. The van der Waals surface area contributed by atoms with E-state index >= 15 is 0 Å². The van der Waals surface area contributed by atoms with Crippen LogP contribution < -0.4 is 14.8 Å². The van der Waals surface area contributed by atoms with E-state index in [0.717, 1.165) is 34.5 Å². The molecular weight excluding hydrogens is 466 g/mol. The molecule has 2 aromatic carbocycles. The fourth-order valence-corrected chi connectivity index (χ4v) is 4.08. The van der Waals surface area contributed by atoms with Crippen molar-refractivity contribution in [2.45, 2.75) is 33.1 Å². The molecule has 9 heteroatoms. The summed E-state index contributed by atoms with van der Waals surface area (Å²) in [7, 11) is 3.20. The molecule has 0 atom stereocenters. The Kier molecular flexibility index (Phi) is 7.51. The Labute approximate surface area is 209 Å². The zero-order chi connectivity index (χ0) is 24.9.